The van der Waals surface area contributed by atoms with Crippen molar-refractivity contribution in [1.29, 1.82) is 0 Å². The van der Waals surface area contributed by atoms with Crippen LogP contribution in [0.2, 0.25) is 0 Å². The minimum absolute atomic E-state index is 0.0524. The lowest BCUT2D eigenvalue weighted by Crippen LogP contribution is -2.49. The lowest BCUT2D eigenvalue weighted by molar-refractivity contribution is -0.128. The first-order valence-corrected chi connectivity index (χ1v) is 5.88. The molecule has 0 aliphatic carbocycles. The van der Waals surface area contributed by atoms with Crippen molar-refractivity contribution in [2.45, 2.75) is 46.6 Å². The third-order valence-electron chi connectivity index (χ3n) is 2.31. The number of carbonyl (C=O) groups is 2. The molecule has 0 saturated carbocycles. The van der Waals surface area contributed by atoms with Gasteiger partial charge in [0.1, 0.15) is 0 Å². The monoisotopic (exact) mass is 243 g/mol. The normalized spacial score (nSPS) is 12.1. The van der Waals surface area contributed by atoms with Crippen LogP contribution in [0.4, 0.5) is 0 Å². The molecule has 0 aromatic heterocycles. The predicted molar refractivity (Wildman–Crippen MR) is 68.4 cm³/mol. The Morgan fingerprint density at radius 2 is 1.65 bits per heavy atom. The van der Waals surface area contributed by atoms with Gasteiger partial charge < -0.3 is 16.4 Å². The average Bonchev–Trinajstić information content (AvgIpc) is 2.15. The Morgan fingerprint density at radius 3 is 2.06 bits per heavy atom. The van der Waals surface area contributed by atoms with Crippen LogP contribution in [-0.4, -0.2) is 30.4 Å². The Morgan fingerprint density at radius 1 is 1.12 bits per heavy atom. The Hall–Kier alpha value is -1.10. The molecule has 0 fully saturated rings. The minimum Gasteiger partial charge on any atom is -0.355 e. The van der Waals surface area contributed by atoms with E-state index in [2.05, 4.69) is 10.6 Å². The fraction of sp³-hybridized carbons (Fsp3) is 0.833. The zero-order valence-corrected chi connectivity index (χ0v) is 11.5. The van der Waals surface area contributed by atoms with Gasteiger partial charge in [0, 0.05) is 30.5 Å². The SMILES string of the molecule is CC(C)(CN)NC(=O)CCNC(=O)C(C)(C)C. The summed E-state index contributed by atoms with van der Waals surface area (Å²) >= 11 is 0. The highest BCUT2D eigenvalue weighted by Crippen LogP contribution is 2.12. The summed E-state index contributed by atoms with van der Waals surface area (Å²) in [6.07, 6.45) is 0.269. The van der Waals surface area contributed by atoms with Crippen molar-refractivity contribution in [2.75, 3.05) is 13.1 Å². The molecule has 2 amide bonds. The Balaban J connectivity index is 3.92. The highest BCUT2D eigenvalue weighted by molar-refractivity contribution is 5.82. The van der Waals surface area contributed by atoms with E-state index in [4.69, 9.17) is 5.73 Å². The zero-order valence-electron chi connectivity index (χ0n) is 11.5. The molecule has 0 aromatic carbocycles. The van der Waals surface area contributed by atoms with Gasteiger partial charge in [0.05, 0.1) is 0 Å². The zero-order chi connectivity index (χ0) is 13.7. The number of carbonyl (C=O) groups excluding carboxylic acids is 2. The van der Waals surface area contributed by atoms with Gasteiger partial charge >= 0.3 is 0 Å². The van der Waals surface area contributed by atoms with Crippen LogP contribution in [0, 0.1) is 5.41 Å². The van der Waals surface area contributed by atoms with E-state index in [9.17, 15) is 9.59 Å². The van der Waals surface area contributed by atoms with Gasteiger partial charge in [-0.25, -0.2) is 0 Å². The molecule has 0 bridgehead atoms. The van der Waals surface area contributed by atoms with E-state index < -0.39 is 11.0 Å². The molecule has 0 saturated heterocycles. The molecule has 5 heteroatoms. The lowest BCUT2D eigenvalue weighted by Gasteiger charge is -2.24. The van der Waals surface area contributed by atoms with Crippen molar-refractivity contribution in [3.63, 3.8) is 0 Å². The minimum atomic E-state index is -0.424. The molecule has 0 aliphatic rings. The molecule has 5 nitrogen and oxygen atoms in total. The van der Waals surface area contributed by atoms with Gasteiger partial charge in [-0.1, -0.05) is 20.8 Å². The third kappa shape index (κ3) is 6.94. The molecule has 0 radical (unpaired) electrons. The van der Waals surface area contributed by atoms with Crippen molar-refractivity contribution < 1.29 is 9.59 Å². The number of hydrogen-bond donors (Lipinski definition) is 3. The molecule has 0 rings (SSSR count). The van der Waals surface area contributed by atoms with E-state index >= 15 is 0 Å². The summed E-state index contributed by atoms with van der Waals surface area (Å²) in [5, 5.41) is 5.53. The molecule has 0 aliphatic heterocycles. The molecule has 0 spiro atoms. The summed E-state index contributed by atoms with van der Waals surface area (Å²) in [5.74, 6) is -0.155. The average molecular weight is 243 g/mol. The summed E-state index contributed by atoms with van der Waals surface area (Å²) < 4.78 is 0. The van der Waals surface area contributed by atoms with E-state index in [1.165, 1.54) is 0 Å². The topological polar surface area (TPSA) is 84.2 Å². The maximum absolute atomic E-state index is 11.5. The van der Waals surface area contributed by atoms with Gasteiger partial charge in [0.2, 0.25) is 11.8 Å². The molecule has 17 heavy (non-hydrogen) atoms. The fourth-order valence-corrected chi connectivity index (χ4v) is 1.05. The van der Waals surface area contributed by atoms with Crippen LogP contribution in [0.5, 0.6) is 0 Å². The van der Waals surface area contributed by atoms with Crippen molar-refractivity contribution in [1.82, 2.24) is 10.6 Å². The lowest BCUT2D eigenvalue weighted by atomic mass is 9.96. The van der Waals surface area contributed by atoms with Crippen LogP contribution < -0.4 is 16.4 Å². The highest BCUT2D eigenvalue weighted by atomic mass is 16.2. The largest absolute Gasteiger partial charge is 0.355 e. The van der Waals surface area contributed by atoms with E-state index in [-0.39, 0.29) is 18.2 Å². The third-order valence-corrected chi connectivity index (χ3v) is 2.31. The number of hydrogen-bond acceptors (Lipinski definition) is 3. The summed E-state index contributed by atoms with van der Waals surface area (Å²) in [6, 6.07) is 0. The maximum Gasteiger partial charge on any atom is 0.225 e. The first kappa shape index (κ1) is 15.9. The molecule has 0 aromatic rings. The highest BCUT2D eigenvalue weighted by Gasteiger charge is 2.21. The standard InChI is InChI=1S/C12H25N3O2/c1-11(2,3)10(17)14-7-6-9(16)15-12(4,5)8-13/h6-8,13H2,1-5H3,(H,14,17)(H,15,16). The van der Waals surface area contributed by atoms with Gasteiger partial charge in [-0.2, -0.15) is 0 Å². The Bertz CT molecular complexity index is 280. The summed E-state index contributed by atoms with van der Waals surface area (Å²) in [7, 11) is 0. The van der Waals surface area contributed by atoms with Gasteiger partial charge in [-0.15, -0.1) is 0 Å². The second kappa shape index (κ2) is 6.00. The van der Waals surface area contributed by atoms with Crippen LogP contribution in [0.25, 0.3) is 0 Å². The van der Waals surface area contributed by atoms with Gasteiger partial charge in [-0.05, 0) is 13.8 Å². The maximum atomic E-state index is 11.5. The van der Waals surface area contributed by atoms with Crippen LogP contribution in [0.3, 0.4) is 0 Å². The van der Waals surface area contributed by atoms with Gasteiger partial charge in [0.25, 0.3) is 0 Å². The van der Waals surface area contributed by atoms with Crippen LogP contribution >= 0.6 is 0 Å². The van der Waals surface area contributed by atoms with E-state index in [1.54, 1.807) is 0 Å². The van der Waals surface area contributed by atoms with Crippen LogP contribution in [0.15, 0.2) is 0 Å². The van der Waals surface area contributed by atoms with Crippen molar-refractivity contribution in [3.8, 4) is 0 Å². The molecular formula is C12H25N3O2. The van der Waals surface area contributed by atoms with Crippen LogP contribution in [0.1, 0.15) is 41.0 Å². The van der Waals surface area contributed by atoms with E-state index in [0.717, 1.165) is 0 Å². The summed E-state index contributed by atoms with van der Waals surface area (Å²) in [6.45, 7) is 9.95. The smallest absolute Gasteiger partial charge is 0.225 e. The second-order valence-electron chi connectivity index (χ2n) is 5.89. The molecule has 4 N–H and O–H groups in total. The molecular weight excluding hydrogens is 218 g/mol. The number of amides is 2. The first-order chi connectivity index (χ1) is 7.58. The van der Waals surface area contributed by atoms with Crippen molar-refractivity contribution in [3.05, 3.63) is 0 Å². The van der Waals surface area contributed by atoms with Crippen molar-refractivity contribution >= 4 is 11.8 Å². The van der Waals surface area contributed by atoms with Gasteiger partial charge in [0.15, 0.2) is 0 Å². The van der Waals surface area contributed by atoms with E-state index in [1.807, 2.05) is 34.6 Å². The predicted octanol–water partition coefficient (Wildman–Crippen LogP) is 0.392. The summed E-state index contributed by atoms with van der Waals surface area (Å²) in [4.78, 5) is 23.1. The first-order valence-electron chi connectivity index (χ1n) is 5.88. The molecule has 0 atom stereocenters. The molecule has 0 heterocycles. The number of rotatable bonds is 5. The Labute approximate surface area is 104 Å². The number of nitrogens with one attached hydrogen (secondary N) is 2. The summed E-state index contributed by atoms with van der Waals surface area (Å²) in [5.41, 5.74) is 4.68. The molecule has 100 valence electrons. The second-order valence-corrected chi connectivity index (χ2v) is 5.89. The fourth-order valence-electron chi connectivity index (χ4n) is 1.05. The molecule has 0 unspecified atom stereocenters. The van der Waals surface area contributed by atoms with Gasteiger partial charge in [-0.3, -0.25) is 9.59 Å². The van der Waals surface area contributed by atoms with E-state index in [0.29, 0.717) is 13.1 Å². The van der Waals surface area contributed by atoms with Crippen LogP contribution in [-0.2, 0) is 9.59 Å². The Kier molecular flexibility index (Phi) is 5.61. The van der Waals surface area contributed by atoms with Crippen molar-refractivity contribution in [2.24, 2.45) is 11.1 Å². The quantitative estimate of drug-likeness (QED) is 0.653. The number of nitrogens with two attached hydrogens (primary N) is 1.